The van der Waals surface area contributed by atoms with Gasteiger partial charge in [0.25, 0.3) is 0 Å². The molecule has 0 spiro atoms. The molecule has 0 atom stereocenters. The van der Waals surface area contributed by atoms with Crippen LogP contribution in [0.25, 0.3) is 0 Å². The molecule has 1 fully saturated rings. The summed E-state index contributed by atoms with van der Waals surface area (Å²) in [5, 5.41) is 10.0. The summed E-state index contributed by atoms with van der Waals surface area (Å²) in [6.45, 7) is 7.75. The van der Waals surface area contributed by atoms with Gasteiger partial charge < -0.3 is 9.84 Å². The fourth-order valence-corrected chi connectivity index (χ4v) is 2.56. The highest BCUT2D eigenvalue weighted by Gasteiger charge is 2.20. The van der Waals surface area contributed by atoms with E-state index >= 15 is 0 Å². The molecule has 1 aromatic carbocycles. The molecule has 0 bridgehead atoms. The van der Waals surface area contributed by atoms with Gasteiger partial charge in [-0.1, -0.05) is 18.2 Å². The first-order valence-corrected chi connectivity index (χ1v) is 6.82. The summed E-state index contributed by atoms with van der Waals surface area (Å²) in [6.07, 6.45) is 2.62. The molecule has 1 heterocycles. The Hall–Kier alpha value is -1.06. The Labute approximate surface area is 109 Å². The van der Waals surface area contributed by atoms with Crippen molar-refractivity contribution >= 4 is 0 Å². The molecule has 1 aliphatic heterocycles. The van der Waals surface area contributed by atoms with Gasteiger partial charge in [-0.15, -0.1) is 0 Å². The van der Waals surface area contributed by atoms with Crippen LogP contribution in [0.1, 0.15) is 30.9 Å². The Balaban J connectivity index is 1.90. The number of rotatable bonds is 4. The molecule has 0 aromatic heterocycles. The minimum atomic E-state index is 0.428. The van der Waals surface area contributed by atoms with Crippen LogP contribution >= 0.6 is 0 Å². The van der Waals surface area contributed by atoms with E-state index in [0.29, 0.717) is 11.9 Å². The van der Waals surface area contributed by atoms with Crippen molar-refractivity contribution in [2.24, 2.45) is 0 Å². The molecule has 18 heavy (non-hydrogen) atoms. The number of hydrogen-bond acceptors (Lipinski definition) is 3. The Bertz CT molecular complexity index is 384. The third-order valence-corrected chi connectivity index (χ3v) is 3.65. The Kier molecular flexibility index (Phi) is 4.61. The van der Waals surface area contributed by atoms with Gasteiger partial charge in [0.05, 0.1) is 6.10 Å². The highest BCUT2D eigenvalue weighted by Crippen LogP contribution is 2.24. The fraction of sp³-hybridized carbons (Fsp3) is 0.600. The van der Waals surface area contributed by atoms with Crippen LogP contribution in [0.4, 0.5) is 0 Å². The number of benzene rings is 1. The van der Waals surface area contributed by atoms with Crippen LogP contribution in [0, 0.1) is 6.92 Å². The summed E-state index contributed by atoms with van der Waals surface area (Å²) in [5.41, 5.74) is 1.99. The molecule has 0 unspecified atom stereocenters. The van der Waals surface area contributed by atoms with Gasteiger partial charge in [0.1, 0.15) is 5.75 Å². The van der Waals surface area contributed by atoms with E-state index in [-0.39, 0.29) is 0 Å². The maximum absolute atomic E-state index is 10.0. The average Bonchev–Trinajstić information content (AvgIpc) is 2.38. The molecule has 3 heteroatoms. The van der Waals surface area contributed by atoms with E-state index in [2.05, 4.69) is 11.8 Å². The Morgan fingerprint density at radius 3 is 2.72 bits per heavy atom. The first-order valence-electron chi connectivity index (χ1n) is 6.82. The summed E-state index contributed by atoms with van der Waals surface area (Å²) >= 11 is 0. The Morgan fingerprint density at radius 1 is 1.33 bits per heavy atom. The van der Waals surface area contributed by atoms with Crippen molar-refractivity contribution < 1.29 is 9.84 Å². The summed E-state index contributed by atoms with van der Waals surface area (Å²) < 4.78 is 5.65. The largest absolute Gasteiger partial charge is 0.507 e. The molecule has 0 radical (unpaired) electrons. The van der Waals surface area contributed by atoms with E-state index in [0.717, 1.165) is 50.2 Å². The van der Waals surface area contributed by atoms with Gasteiger partial charge in [-0.25, -0.2) is 0 Å². The van der Waals surface area contributed by atoms with Crippen LogP contribution in [0.5, 0.6) is 5.75 Å². The van der Waals surface area contributed by atoms with Crippen molar-refractivity contribution in [3.05, 3.63) is 29.3 Å². The van der Waals surface area contributed by atoms with Gasteiger partial charge in [0.15, 0.2) is 0 Å². The molecule has 1 saturated heterocycles. The second kappa shape index (κ2) is 6.21. The SMILES string of the molecule is CCOC1CCN(Cc2cccc(C)c2O)CC1. The minimum Gasteiger partial charge on any atom is -0.507 e. The topological polar surface area (TPSA) is 32.7 Å². The lowest BCUT2D eigenvalue weighted by atomic mass is 10.1. The second-order valence-corrected chi connectivity index (χ2v) is 5.01. The number of phenolic OH excluding ortho intramolecular Hbond substituents is 1. The molecule has 100 valence electrons. The first kappa shape index (κ1) is 13.4. The number of para-hydroxylation sites is 1. The van der Waals surface area contributed by atoms with Crippen LogP contribution in [0.15, 0.2) is 18.2 Å². The number of likely N-dealkylation sites (tertiary alicyclic amines) is 1. The molecule has 0 aliphatic carbocycles. The molecule has 0 amide bonds. The van der Waals surface area contributed by atoms with Crippen molar-refractivity contribution in [3.8, 4) is 5.75 Å². The number of hydrogen-bond donors (Lipinski definition) is 1. The zero-order valence-electron chi connectivity index (χ0n) is 11.4. The highest BCUT2D eigenvalue weighted by molar-refractivity contribution is 5.39. The molecule has 3 nitrogen and oxygen atoms in total. The summed E-state index contributed by atoms with van der Waals surface area (Å²) in [5.74, 6) is 0.449. The highest BCUT2D eigenvalue weighted by atomic mass is 16.5. The van der Waals surface area contributed by atoms with Gasteiger partial charge in [0, 0.05) is 31.8 Å². The van der Waals surface area contributed by atoms with Crippen molar-refractivity contribution in [1.29, 1.82) is 0 Å². The molecule has 1 N–H and O–H groups in total. The summed E-state index contributed by atoms with van der Waals surface area (Å²) in [7, 11) is 0. The third kappa shape index (κ3) is 3.24. The summed E-state index contributed by atoms with van der Waals surface area (Å²) in [6, 6.07) is 5.97. The monoisotopic (exact) mass is 249 g/mol. The van der Waals surface area contributed by atoms with Gasteiger partial charge >= 0.3 is 0 Å². The van der Waals surface area contributed by atoms with Crippen LogP contribution in [0.2, 0.25) is 0 Å². The minimum absolute atomic E-state index is 0.428. The number of aromatic hydroxyl groups is 1. The fourth-order valence-electron chi connectivity index (χ4n) is 2.56. The lowest BCUT2D eigenvalue weighted by molar-refractivity contribution is 0.0124. The number of phenols is 1. The van der Waals surface area contributed by atoms with Crippen LogP contribution in [-0.2, 0) is 11.3 Å². The maximum Gasteiger partial charge on any atom is 0.122 e. The lowest BCUT2D eigenvalue weighted by Crippen LogP contribution is -2.36. The number of aryl methyl sites for hydroxylation is 1. The van der Waals surface area contributed by atoms with E-state index in [1.807, 2.05) is 25.1 Å². The smallest absolute Gasteiger partial charge is 0.122 e. The van der Waals surface area contributed by atoms with E-state index in [9.17, 15) is 5.11 Å². The second-order valence-electron chi connectivity index (χ2n) is 5.01. The van der Waals surface area contributed by atoms with Gasteiger partial charge in [-0.3, -0.25) is 4.90 Å². The standard InChI is InChI=1S/C15H23NO2/c1-3-18-14-7-9-16(10-8-14)11-13-6-4-5-12(2)15(13)17/h4-6,14,17H,3,7-11H2,1-2H3. The van der Waals surface area contributed by atoms with Crippen molar-refractivity contribution in [3.63, 3.8) is 0 Å². The summed E-state index contributed by atoms with van der Waals surface area (Å²) in [4.78, 5) is 2.39. The molecular weight excluding hydrogens is 226 g/mol. The zero-order valence-corrected chi connectivity index (χ0v) is 11.4. The Morgan fingerprint density at radius 2 is 2.06 bits per heavy atom. The lowest BCUT2D eigenvalue weighted by Gasteiger charge is -2.31. The number of piperidine rings is 1. The van der Waals surface area contributed by atoms with Crippen molar-refractivity contribution in [2.75, 3.05) is 19.7 Å². The van der Waals surface area contributed by atoms with Crippen molar-refractivity contribution in [1.82, 2.24) is 4.90 Å². The zero-order chi connectivity index (χ0) is 13.0. The van der Waals surface area contributed by atoms with E-state index in [1.54, 1.807) is 0 Å². The van der Waals surface area contributed by atoms with Gasteiger partial charge in [-0.05, 0) is 32.3 Å². The van der Waals surface area contributed by atoms with Gasteiger partial charge in [-0.2, -0.15) is 0 Å². The average molecular weight is 249 g/mol. The first-order chi connectivity index (χ1) is 8.70. The van der Waals surface area contributed by atoms with Crippen LogP contribution in [0.3, 0.4) is 0 Å². The van der Waals surface area contributed by atoms with E-state index in [1.165, 1.54) is 0 Å². The van der Waals surface area contributed by atoms with Crippen LogP contribution < -0.4 is 0 Å². The maximum atomic E-state index is 10.0. The van der Waals surface area contributed by atoms with Crippen LogP contribution in [-0.4, -0.2) is 35.8 Å². The number of ether oxygens (including phenoxy) is 1. The quantitative estimate of drug-likeness (QED) is 0.890. The van der Waals surface area contributed by atoms with E-state index < -0.39 is 0 Å². The van der Waals surface area contributed by atoms with Gasteiger partial charge in [0.2, 0.25) is 0 Å². The molecule has 1 aromatic rings. The molecule has 2 rings (SSSR count). The normalized spacial score (nSPS) is 18.1. The van der Waals surface area contributed by atoms with E-state index in [4.69, 9.17) is 4.74 Å². The van der Waals surface area contributed by atoms with Crippen molar-refractivity contribution in [2.45, 2.75) is 39.3 Å². The molecule has 1 aliphatic rings. The molecule has 0 saturated carbocycles. The number of nitrogens with zero attached hydrogens (tertiary/aromatic N) is 1. The third-order valence-electron chi connectivity index (χ3n) is 3.65. The predicted molar refractivity (Wildman–Crippen MR) is 72.8 cm³/mol. The predicted octanol–water partition coefficient (Wildman–Crippen LogP) is 2.70. The molecular formula is C15H23NO2.